The molecule has 0 bridgehead atoms. The molecule has 0 saturated carbocycles. The van der Waals surface area contributed by atoms with Crippen LogP contribution in [0.25, 0.3) is 10.9 Å². The molecule has 1 aromatic carbocycles. The summed E-state index contributed by atoms with van der Waals surface area (Å²) in [6, 6.07) is 5.82. The van der Waals surface area contributed by atoms with Gasteiger partial charge in [-0.1, -0.05) is 18.2 Å². The van der Waals surface area contributed by atoms with Crippen molar-refractivity contribution >= 4 is 22.6 Å². The SMILES string of the molecule is Cc1nc(C)c2cc(N3CCCC(C(N)=O)C3)ncc2n1.NCc1cccc(C(F)F)c1F. The largest absolute Gasteiger partial charge is 0.369 e. The number of alkyl halides is 2. The standard InChI is InChI=1S/C15H19N5O.C8H8F3N/c1-9-12-6-14(17-7-13(12)19-10(2)18-9)20-5-3-4-11(8-20)15(16)21;9-7-5(4-12)2-1-3-6(7)8(10)11/h6-7,11H,3-5,8H2,1-2H3,(H2,16,21);1-3,8H,4,12H2. The van der Waals surface area contributed by atoms with Crippen molar-refractivity contribution in [1.82, 2.24) is 15.0 Å². The third-order valence-corrected chi connectivity index (χ3v) is 5.58. The molecule has 1 saturated heterocycles. The number of aromatic nitrogens is 3. The predicted molar refractivity (Wildman–Crippen MR) is 120 cm³/mol. The lowest BCUT2D eigenvalue weighted by atomic mass is 9.97. The number of carbonyl (C=O) groups is 1. The summed E-state index contributed by atoms with van der Waals surface area (Å²) in [6.45, 7) is 5.33. The normalized spacial score (nSPS) is 16.0. The molecule has 10 heteroatoms. The van der Waals surface area contributed by atoms with E-state index in [9.17, 15) is 18.0 Å². The molecule has 1 fully saturated rings. The minimum atomic E-state index is -2.78. The molecule has 1 amide bonds. The summed E-state index contributed by atoms with van der Waals surface area (Å²) in [5.41, 5.74) is 11.9. The van der Waals surface area contributed by atoms with E-state index >= 15 is 0 Å². The Morgan fingerprint density at radius 2 is 2.03 bits per heavy atom. The molecule has 1 unspecified atom stereocenters. The third kappa shape index (κ3) is 5.75. The highest BCUT2D eigenvalue weighted by molar-refractivity contribution is 5.83. The van der Waals surface area contributed by atoms with Gasteiger partial charge in [-0.3, -0.25) is 4.79 Å². The van der Waals surface area contributed by atoms with Gasteiger partial charge < -0.3 is 16.4 Å². The van der Waals surface area contributed by atoms with Gasteiger partial charge in [-0.15, -0.1) is 0 Å². The number of primary amides is 1. The van der Waals surface area contributed by atoms with E-state index in [0.717, 1.165) is 53.7 Å². The number of nitrogens with two attached hydrogens (primary N) is 2. The van der Waals surface area contributed by atoms with E-state index in [-0.39, 0.29) is 23.9 Å². The molecule has 1 atom stereocenters. The first-order valence-corrected chi connectivity index (χ1v) is 10.6. The van der Waals surface area contributed by atoms with Crippen LogP contribution in [0.4, 0.5) is 19.0 Å². The zero-order chi connectivity index (χ0) is 24.1. The van der Waals surface area contributed by atoms with Gasteiger partial charge in [0.15, 0.2) is 0 Å². The Balaban J connectivity index is 0.000000218. The number of amides is 1. The zero-order valence-corrected chi connectivity index (χ0v) is 18.6. The number of fused-ring (bicyclic) bond motifs is 1. The maximum absolute atomic E-state index is 13.0. The fourth-order valence-corrected chi connectivity index (χ4v) is 3.83. The van der Waals surface area contributed by atoms with Crippen LogP contribution in [0.3, 0.4) is 0 Å². The molecule has 0 spiro atoms. The Labute approximate surface area is 190 Å². The predicted octanol–water partition coefficient (Wildman–Crippen LogP) is 3.57. The number of nitrogens with zero attached hydrogens (tertiary/aromatic N) is 4. The first-order chi connectivity index (χ1) is 15.7. The molecule has 7 nitrogen and oxygen atoms in total. The fraction of sp³-hybridized carbons (Fsp3) is 0.391. The van der Waals surface area contributed by atoms with Crippen molar-refractivity contribution in [3.05, 3.63) is 58.9 Å². The van der Waals surface area contributed by atoms with Crippen molar-refractivity contribution in [2.45, 2.75) is 39.7 Å². The van der Waals surface area contributed by atoms with Crippen molar-refractivity contribution in [1.29, 1.82) is 0 Å². The summed E-state index contributed by atoms with van der Waals surface area (Å²) in [7, 11) is 0. The molecule has 33 heavy (non-hydrogen) atoms. The molecule has 0 aliphatic carbocycles. The lowest BCUT2D eigenvalue weighted by Gasteiger charge is -2.32. The first-order valence-electron chi connectivity index (χ1n) is 10.6. The maximum atomic E-state index is 13.0. The fourth-order valence-electron chi connectivity index (χ4n) is 3.83. The topological polar surface area (TPSA) is 111 Å². The van der Waals surface area contributed by atoms with Gasteiger partial charge in [0.05, 0.1) is 23.2 Å². The Morgan fingerprint density at radius 1 is 1.27 bits per heavy atom. The number of benzene rings is 1. The Morgan fingerprint density at radius 3 is 2.70 bits per heavy atom. The van der Waals surface area contributed by atoms with Gasteiger partial charge in [-0.25, -0.2) is 28.1 Å². The van der Waals surface area contributed by atoms with Crippen LogP contribution >= 0.6 is 0 Å². The summed E-state index contributed by atoms with van der Waals surface area (Å²) < 4.78 is 37.1. The number of anilines is 1. The van der Waals surface area contributed by atoms with E-state index in [1.54, 1.807) is 6.20 Å². The average molecular weight is 461 g/mol. The highest BCUT2D eigenvalue weighted by atomic mass is 19.3. The zero-order valence-electron chi connectivity index (χ0n) is 18.6. The van der Waals surface area contributed by atoms with Crippen LogP contribution in [-0.4, -0.2) is 33.9 Å². The van der Waals surface area contributed by atoms with Crippen molar-refractivity contribution in [3.8, 4) is 0 Å². The third-order valence-electron chi connectivity index (χ3n) is 5.58. The molecule has 0 radical (unpaired) electrons. The van der Waals surface area contributed by atoms with Crippen LogP contribution in [0.5, 0.6) is 0 Å². The molecular formula is C23H27F3N6O. The van der Waals surface area contributed by atoms with Crippen LogP contribution in [0.2, 0.25) is 0 Å². The van der Waals surface area contributed by atoms with Gasteiger partial charge in [0, 0.05) is 36.3 Å². The lowest BCUT2D eigenvalue weighted by Crippen LogP contribution is -2.41. The number of hydrogen-bond donors (Lipinski definition) is 2. The number of piperidine rings is 1. The molecular weight excluding hydrogens is 433 g/mol. The molecule has 3 heterocycles. The van der Waals surface area contributed by atoms with Crippen LogP contribution in [0.1, 0.15) is 41.9 Å². The molecule has 4 N–H and O–H groups in total. The highest BCUT2D eigenvalue weighted by Crippen LogP contribution is 2.25. The molecule has 3 aromatic rings. The summed E-state index contributed by atoms with van der Waals surface area (Å²) in [5.74, 6) is 0.405. The van der Waals surface area contributed by atoms with Crippen LogP contribution in [0, 0.1) is 25.6 Å². The summed E-state index contributed by atoms with van der Waals surface area (Å²) in [5, 5.41) is 1.01. The number of carbonyl (C=O) groups excluding carboxylic acids is 1. The molecule has 176 valence electrons. The Bertz CT molecular complexity index is 1140. The van der Waals surface area contributed by atoms with Crippen LogP contribution in [0.15, 0.2) is 30.5 Å². The number of rotatable bonds is 4. The minimum Gasteiger partial charge on any atom is -0.369 e. The van der Waals surface area contributed by atoms with Gasteiger partial charge in [-0.2, -0.15) is 0 Å². The molecule has 2 aromatic heterocycles. The second-order valence-electron chi connectivity index (χ2n) is 7.93. The molecule has 1 aliphatic rings. The quantitative estimate of drug-likeness (QED) is 0.616. The van der Waals surface area contributed by atoms with E-state index < -0.39 is 17.8 Å². The number of aryl methyl sites for hydroxylation is 2. The van der Waals surface area contributed by atoms with Crippen molar-refractivity contribution in [2.24, 2.45) is 17.4 Å². The maximum Gasteiger partial charge on any atom is 0.266 e. The van der Waals surface area contributed by atoms with E-state index in [4.69, 9.17) is 11.5 Å². The summed E-state index contributed by atoms with van der Waals surface area (Å²) >= 11 is 0. The van der Waals surface area contributed by atoms with Crippen molar-refractivity contribution < 1.29 is 18.0 Å². The van der Waals surface area contributed by atoms with Crippen LogP contribution < -0.4 is 16.4 Å². The van der Waals surface area contributed by atoms with Crippen molar-refractivity contribution in [2.75, 3.05) is 18.0 Å². The monoisotopic (exact) mass is 460 g/mol. The van der Waals surface area contributed by atoms with Crippen LogP contribution in [-0.2, 0) is 11.3 Å². The average Bonchev–Trinajstić information content (AvgIpc) is 2.79. The Hall–Kier alpha value is -3.27. The molecule has 1 aliphatic heterocycles. The van der Waals surface area contributed by atoms with Gasteiger partial charge in [0.25, 0.3) is 6.43 Å². The van der Waals surface area contributed by atoms with Crippen molar-refractivity contribution in [3.63, 3.8) is 0 Å². The van der Waals surface area contributed by atoms with E-state index in [2.05, 4.69) is 19.9 Å². The first kappa shape index (κ1) is 24.4. The highest BCUT2D eigenvalue weighted by Gasteiger charge is 2.25. The number of pyridine rings is 1. The summed E-state index contributed by atoms with van der Waals surface area (Å²) in [6.07, 6.45) is 0.814. The lowest BCUT2D eigenvalue weighted by molar-refractivity contribution is -0.122. The number of halogens is 3. The van der Waals surface area contributed by atoms with E-state index in [0.29, 0.717) is 6.54 Å². The van der Waals surface area contributed by atoms with Gasteiger partial charge >= 0.3 is 0 Å². The van der Waals surface area contributed by atoms with Gasteiger partial charge in [0.2, 0.25) is 5.91 Å². The van der Waals surface area contributed by atoms with Gasteiger partial charge in [-0.05, 0) is 32.8 Å². The second-order valence-corrected chi connectivity index (χ2v) is 7.93. The minimum absolute atomic E-state index is 0.0631. The number of hydrogen-bond acceptors (Lipinski definition) is 6. The molecule has 4 rings (SSSR count). The van der Waals surface area contributed by atoms with Gasteiger partial charge in [0.1, 0.15) is 17.5 Å². The summed E-state index contributed by atoms with van der Waals surface area (Å²) in [4.78, 5) is 26.8. The smallest absolute Gasteiger partial charge is 0.266 e. The van der Waals surface area contributed by atoms with E-state index in [1.165, 1.54) is 12.1 Å². The Kier molecular flexibility index (Phi) is 7.80. The second kappa shape index (κ2) is 10.6. The van der Waals surface area contributed by atoms with E-state index in [1.807, 2.05) is 19.9 Å².